The normalized spacial score (nSPS) is 12.3. The van der Waals surface area contributed by atoms with Gasteiger partial charge in [0.25, 0.3) is 5.91 Å². The number of carbonyl (C=O) groups is 1. The number of halogens is 1. The summed E-state index contributed by atoms with van der Waals surface area (Å²) in [5, 5.41) is 4.91. The van der Waals surface area contributed by atoms with Crippen LogP contribution in [0.15, 0.2) is 24.3 Å². The predicted octanol–water partition coefficient (Wildman–Crippen LogP) is 4.04. The molecule has 0 spiro atoms. The average molecular weight is 321 g/mol. The zero-order valence-corrected chi connectivity index (χ0v) is 13.7. The van der Waals surface area contributed by atoms with E-state index in [-0.39, 0.29) is 17.8 Å². The Morgan fingerprint density at radius 2 is 2.00 bits per heavy atom. The van der Waals surface area contributed by atoms with Crippen molar-refractivity contribution in [2.45, 2.75) is 39.5 Å². The fourth-order valence-electron chi connectivity index (χ4n) is 2.33. The van der Waals surface area contributed by atoms with Crippen LogP contribution in [0.4, 0.5) is 5.95 Å². The third-order valence-corrected chi connectivity index (χ3v) is 3.94. The standard InChI is InChI=1S/C16H21ClN4O/c1-3-5-6-11(4-2)15(22)21-16(18)19-14(20-21)12-7-9-13(17)10-8-12/h7-11H,3-6H2,1-2H3,(H2,18,19,20)/t11-/m1/s1. The fraction of sp³-hybridized carbons (Fsp3) is 0.438. The number of nitrogens with zero attached hydrogens (tertiary/aromatic N) is 3. The molecule has 0 fully saturated rings. The highest BCUT2D eigenvalue weighted by Gasteiger charge is 2.22. The van der Waals surface area contributed by atoms with Crippen LogP contribution in [0, 0.1) is 5.92 Å². The van der Waals surface area contributed by atoms with Crippen LogP contribution in [0.5, 0.6) is 0 Å². The molecule has 0 bridgehead atoms. The topological polar surface area (TPSA) is 73.8 Å². The molecule has 0 radical (unpaired) electrons. The molecule has 0 saturated carbocycles. The summed E-state index contributed by atoms with van der Waals surface area (Å²) < 4.78 is 1.23. The first kappa shape index (κ1) is 16.5. The number of benzene rings is 1. The van der Waals surface area contributed by atoms with Crippen LogP contribution >= 0.6 is 11.6 Å². The van der Waals surface area contributed by atoms with Gasteiger partial charge in [0.15, 0.2) is 5.82 Å². The molecule has 2 aromatic rings. The van der Waals surface area contributed by atoms with Gasteiger partial charge in [-0.1, -0.05) is 38.3 Å². The van der Waals surface area contributed by atoms with E-state index in [0.717, 1.165) is 31.2 Å². The number of hydrogen-bond acceptors (Lipinski definition) is 4. The third-order valence-electron chi connectivity index (χ3n) is 3.69. The smallest absolute Gasteiger partial charge is 0.253 e. The Hall–Kier alpha value is -1.88. The van der Waals surface area contributed by atoms with Crippen LogP contribution in [-0.4, -0.2) is 20.7 Å². The van der Waals surface area contributed by atoms with Gasteiger partial charge in [0, 0.05) is 16.5 Å². The Balaban J connectivity index is 2.25. The molecule has 0 saturated heterocycles. The average Bonchev–Trinajstić information content (AvgIpc) is 2.90. The van der Waals surface area contributed by atoms with E-state index >= 15 is 0 Å². The van der Waals surface area contributed by atoms with Crippen LogP contribution in [0.2, 0.25) is 5.02 Å². The summed E-state index contributed by atoms with van der Waals surface area (Å²) >= 11 is 5.87. The molecule has 118 valence electrons. The van der Waals surface area contributed by atoms with E-state index in [4.69, 9.17) is 17.3 Å². The Labute approximate surface area is 135 Å². The molecule has 5 nitrogen and oxygen atoms in total. The molecule has 1 aromatic heterocycles. The molecule has 2 N–H and O–H groups in total. The van der Waals surface area contributed by atoms with Gasteiger partial charge < -0.3 is 5.73 Å². The van der Waals surface area contributed by atoms with Crippen molar-refractivity contribution < 1.29 is 4.79 Å². The second-order valence-corrected chi connectivity index (χ2v) is 5.73. The number of nitrogen functional groups attached to an aromatic ring is 1. The lowest BCUT2D eigenvalue weighted by Crippen LogP contribution is -2.24. The van der Waals surface area contributed by atoms with Gasteiger partial charge in [-0.3, -0.25) is 4.79 Å². The van der Waals surface area contributed by atoms with Crippen molar-refractivity contribution in [2.24, 2.45) is 5.92 Å². The lowest BCUT2D eigenvalue weighted by Gasteiger charge is -2.12. The largest absolute Gasteiger partial charge is 0.368 e. The van der Waals surface area contributed by atoms with E-state index in [1.165, 1.54) is 4.68 Å². The summed E-state index contributed by atoms with van der Waals surface area (Å²) in [6, 6.07) is 7.12. The second kappa shape index (κ2) is 7.40. The van der Waals surface area contributed by atoms with Crippen molar-refractivity contribution >= 4 is 23.5 Å². The number of nitrogens with two attached hydrogens (primary N) is 1. The van der Waals surface area contributed by atoms with Gasteiger partial charge >= 0.3 is 0 Å². The van der Waals surface area contributed by atoms with Crippen LogP contribution in [0.1, 0.15) is 44.3 Å². The molecule has 1 aromatic carbocycles. The number of hydrogen-bond donors (Lipinski definition) is 1. The maximum atomic E-state index is 12.6. The molecule has 0 aliphatic heterocycles. The van der Waals surface area contributed by atoms with Gasteiger partial charge in [0.1, 0.15) is 0 Å². The monoisotopic (exact) mass is 320 g/mol. The quantitative estimate of drug-likeness (QED) is 0.871. The first-order valence-electron chi connectivity index (χ1n) is 7.59. The molecule has 0 aliphatic rings. The molecule has 0 aliphatic carbocycles. The maximum Gasteiger partial charge on any atom is 0.253 e. The molecule has 1 atom stereocenters. The summed E-state index contributed by atoms with van der Waals surface area (Å²) in [7, 11) is 0. The van der Waals surface area contributed by atoms with E-state index in [1.807, 2.05) is 6.92 Å². The predicted molar refractivity (Wildman–Crippen MR) is 88.8 cm³/mol. The SMILES string of the molecule is CCCC[C@@H](CC)C(=O)n1nc(-c2ccc(Cl)cc2)nc1N. The van der Waals surface area contributed by atoms with E-state index in [9.17, 15) is 4.79 Å². The van der Waals surface area contributed by atoms with Crippen molar-refractivity contribution in [3.05, 3.63) is 29.3 Å². The highest BCUT2D eigenvalue weighted by molar-refractivity contribution is 6.30. The lowest BCUT2D eigenvalue weighted by atomic mass is 9.99. The summed E-state index contributed by atoms with van der Waals surface area (Å²) in [5.41, 5.74) is 6.65. The summed E-state index contributed by atoms with van der Waals surface area (Å²) in [6.45, 7) is 4.12. The summed E-state index contributed by atoms with van der Waals surface area (Å²) in [6.07, 6.45) is 3.70. The van der Waals surface area contributed by atoms with E-state index in [0.29, 0.717) is 10.8 Å². The van der Waals surface area contributed by atoms with Crippen molar-refractivity contribution in [3.8, 4) is 11.4 Å². The zero-order valence-electron chi connectivity index (χ0n) is 12.9. The number of rotatable bonds is 6. The maximum absolute atomic E-state index is 12.6. The Kier molecular flexibility index (Phi) is 5.55. The molecular formula is C16H21ClN4O. The van der Waals surface area contributed by atoms with Gasteiger partial charge in [-0.15, -0.1) is 5.10 Å². The van der Waals surface area contributed by atoms with E-state index < -0.39 is 0 Å². The van der Waals surface area contributed by atoms with Crippen molar-refractivity contribution in [2.75, 3.05) is 5.73 Å². The summed E-state index contributed by atoms with van der Waals surface area (Å²) in [4.78, 5) is 16.8. The minimum Gasteiger partial charge on any atom is -0.368 e. The van der Waals surface area contributed by atoms with Gasteiger partial charge in [0.2, 0.25) is 5.95 Å². The van der Waals surface area contributed by atoms with Crippen LogP contribution in [0.3, 0.4) is 0 Å². The molecule has 0 unspecified atom stereocenters. The van der Waals surface area contributed by atoms with Crippen molar-refractivity contribution in [1.82, 2.24) is 14.8 Å². The number of anilines is 1. The lowest BCUT2D eigenvalue weighted by molar-refractivity contribution is 0.0807. The molecule has 1 heterocycles. The fourth-order valence-corrected chi connectivity index (χ4v) is 2.46. The van der Waals surface area contributed by atoms with E-state index in [2.05, 4.69) is 17.0 Å². The van der Waals surface area contributed by atoms with Gasteiger partial charge in [-0.05, 0) is 37.1 Å². The molecule has 0 amide bonds. The molecule has 6 heteroatoms. The highest BCUT2D eigenvalue weighted by atomic mass is 35.5. The van der Waals surface area contributed by atoms with E-state index in [1.54, 1.807) is 24.3 Å². The Morgan fingerprint density at radius 3 is 2.59 bits per heavy atom. The molecule has 22 heavy (non-hydrogen) atoms. The third kappa shape index (κ3) is 3.65. The number of unbranched alkanes of at least 4 members (excludes halogenated alkanes) is 1. The summed E-state index contributed by atoms with van der Waals surface area (Å²) in [5.74, 6) is 0.418. The van der Waals surface area contributed by atoms with Crippen LogP contribution in [0.25, 0.3) is 11.4 Å². The molecule has 2 rings (SSSR count). The highest BCUT2D eigenvalue weighted by Crippen LogP contribution is 2.21. The Bertz CT molecular complexity index is 636. The zero-order chi connectivity index (χ0) is 16.1. The minimum atomic E-state index is -0.0823. The Morgan fingerprint density at radius 1 is 1.32 bits per heavy atom. The number of carbonyl (C=O) groups excluding carboxylic acids is 1. The van der Waals surface area contributed by atoms with Gasteiger partial charge in [0.05, 0.1) is 0 Å². The van der Waals surface area contributed by atoms with Crippen LogP contribution < -0.4 is 5.73 Å². The first-order chi connectivity index (χ1) is 10.6. The number of aromatic nitrogens is 3. The van der Waals surface area contributed by atoms with Crippen molar-refractivity contribution in [1.29, 1.82) is 0 Å². The van der Waals surface area contributed by atoms with Gasteiger partial charge in [-0.25, -0.2) is 0 Å². The van der Waals surface area contributed by atoms with Crippen molar-refractivity contribution in [3.63, 3.8) is 0 Å². The first-order valence-corrected chi connectivity index (χ1v) is 7.97. The van der Waals surface area contributed by atoms with Gasteiger partial charge in [-0.2, -0.15) is 9.67 Å². The molecular weight excluding hydrogens is 300 g/mol. The minimum absolute atomic E-state index is 0.0676. The van der Waals surface area contributed by atoms with Crippen LogP contribution in [-0.2, 0) is 0 Å². The second-order valence-electron chi connectivity index (χ2n) is 5.30.